The molecule has 2 aliphatic rings. The molecule has 1 aliphatic heterocycles. The van der Waals surface area contributed by atoms with Crippen LogP contribution in [0, 0.1) is 17.3 Å². The number of ether oxygens (including phenoxy) is 1. The Morgan fingerprint density at radius 1 is 1.33 bits per heavy atom. The third kappa shape index (κ3) is 2.63. The highest BCUT2D eigenvalue weighted by atomic mass is 16.5. The van der Waals surface area contributed by atoms with Gasteiger partial charge in [-0.1, -0.05) is 27.2 Å². The predicted octanol–water partition coefficient (Wildman–Crippen LogP) is 2.10. The summed E-state index contributed by atoms with van der Waals surface area (Å²) in [4.78, 5) is 13.8. The number of hydrogen-bond donors (Lipinski definition) is 1. The van der Waals surface area contributed by atoms with E-state index in [9.17, 15) is 4.79 Å². The van der Waals surface area contributed by atoms with E-state index < -0.39 is 0 Å². The number of nitrogens with one attached hydrogen (secondary N) is 1. The molecule has 1 aliphatic carbocycles. The van der Waals surface area contributed by atoms with Crippen LogP contribution in [0.2, 0.25) is 0 Å². The minimum atomic E-state index is 0.0778. The molecule has 0 aromatic rings. The molecule has 1 saturated heterocycles. The predicted molar refractivity (Wildman–Crippen MR) is 71.5 cm³/mol. The van der Waals surface area contributed by atoms with Crippen LogP contribution in [-0.4, -0.2) is 43.8 Å². The number of urea groups is 1. The fraction of sp³-hybridized carbons (Fsp3) is 0.929. The van der Waals surface area contributed by atoms with Crippen molar-refractivity contribution in [3.05, 3.63) is 0 Å². The van der Waals surface area contributed by atoms with Crippen molar-refractivity contribution in [1.29, 1.82) is 0 Å². The first kappa shape index (κ1) is 13.7. The van der Waals surface area contributed by atoms with Gasteiger partial charge in [0.1, 0.15) is 0 Å². The van der Waals surface area contributed by atoms with E-state index in [0.717, 1.165) is 25.6 Å². The van der Waals surface area contributed by atoms with Crippen LogP contribution >= 0.6 is 0 Å². The van der Waals surface area contributed by atoms with E-state index in [-0.39, 0.29) is 6.03 Å². The fourth-order valence-corrected chi connectivity index (χ4v) is 3.25. The minimum absolute atomic E-state index is 0.0778. The van der Waals surface area contributed by atoms with E-state index >= 15 is 0 Å². The zero-order valence-corrected chi connectivity index (χ0v) is 11.9. The molecular weight excluding hydrogens is 228 g/mol. The van der Waals surface area contributed by atoms with E-state index in [1.165, 1.54) is 12.8 Å². The molecule has 0 radical (unpaired) electrons. The normalized spacial score (nSPS) is 30.7. The summed E-state index contributed by atoms with van der Waals surface area (Å²) < 4.78 is 5.25. The third-order valence-electron chi connectivity index (χ3n) is 4.96. The highest BCUT2D eigenvalue weighted by Gasteiger charge is 2.46. The van der Waals surface area contributed by atoms with Crippen molar-refractivity contribution in [2.45, 2.75) is 33.6 Å². The first-order valence-corrected chi connectivity index (χ1v) is 7.16. The maximum Gasteiger partial charge on any atom is 0.317 e. The maximum absolute atomic E-state index is 12.0. The van der Waals surface area contributed by atoms with Crippen molar-refractivity contribution in [2.75, 3.05) is 32.8 Å². The maximum atomic E-state index is 12.0. The van der Waals surface area contributed by atoms with Crippen LogP contribution in [0.25, 0.3) is 0 Å². The summed E-state index contributed by atoms with van der Waals surface area (Å²) in [6.07, 6.45) is 2.51. The van der Waals surface area contributed by atoms with Gasteiger partial charge in [0.05, 0.1) is 13.2 Å². The molecule has 2 rings (SSSR count). The molecule has 0 spiro atoms. The van der Waals surface area contributed by atoms with Crippen LogP contribution in [0.5, 0.6) is 0 Å². The lowest BCUT2D eigenvalue weighted by Gasteiger charge is -2.52. The van der Waals surface area contributed by atoms with Gasteiger partial charge in [-0.05, 0) is 23.7 Å². The van der Waals surface area contributed by atoms with E-state index in [0.29, 0.717) is 24.5 Å². The van der Waals surface area contributed by atoms with Crippen LogP contribution in [0.1, 0.15) is 33.6 Å². The molecule has 4 heteroatoms. The van der Waals surface area contributed by atoms with Crippen molar-refractivity contribution < 1.29 is 9.53 Å². The lowest BCUT2D eigenvalue weighted by atomic mass is 9.54. The summed E-state index contributed by atoms with van der Waals surface area (Å²) in [7, 11) is 0. The Balaban J connectivity index is 1.73. The highest BCUT2D eigenvalue weighted by Crippen LogP contribution is 2.52. The monoisotopic (exact) mass is 254 g/mol. The van der Waals surface area contributed by atoms with Gasteiger partial charge in [0.15, 0.2) is 0 Å². The van der Waals surface area contributed by atoms with Gasteiger partial charge < -0.3 is 15.0 Å². The molecule has 18 heavy (non-hydrogen) atoms. The lowest BCUT2D eigenvalue weighted by molar-refractivity contribution is -0.0207. The molecule has 0 bridgehead atoms. The smallest absolute Gasteiger partial charge is 0.317 e. The zero-order valence-electron chi connectivity index (χ0n) is 11.9. The molecule has 0 aromatic carbocycles. The van der Waals surface area contributed by atoms with Gasteiger partial charge in [-0.2, -0.15) is 0 Å². The van der Waals surface area contributed by atoms with Gasteiger partial charge in [0, 0.05) is 19.6 Å². The van der Waals surface area contributed by atoms with Gasteiger partial charge in [0.25, 0.3) is 0 Å². The summed E-state index contributed by atoms with van der Waals surface area (Å²) in [6.45, 7) is 10.5. The molecule has 0 aromatic heterocycles. The standard InChI is InChI=1S/C14H26N2O2/c1-4-11-9-12(14(11,2)3)10-15-13(17)16-5-7-18-8-6-16/h11-12H,4-10H2,1-3H3,(H,15,17)/t11-,12-/m1/s1. The Morgan fingerprint density at radius 3 is 2.56 bits per heavy atom. The molecule has 1 saturated carbocycles. The molecule has 104 valence electrons. The van der Waals surface area contributed by atoms with E-state index in [4.69, 9.17) is 4.74 Å². The van der Waals surface area contributed by atoms with Gasteiger partial charge in [0.2, 0.25) is 0 Å². The number of morpholine rings is 1. The molecule has 4 nitrogen and oxygen atoms in total. The summed E-state index contributed by atoms with van der Waals surface area (Å²) in [5, 5.41) is 3.09. The second kappa shape index (κ2) is 5.47. The van der Waals surface area contributed by atoms with Crippen molar-refractivity contribution in [2.24, 2.45) is 17.3 Å². The van der Waals surface area contributed by atoms with Gasteiger partial charge >= 0.3 is 6.03 Å². The van der Waals surface area contributed by atoms with Crippen LogP contribution in [0.15, 0.2) is 0 Å². The SMILES string of the molecule is CC[C@@H]1C[C@H](CNC(=O)N2CCOCC2)C1(C)C. The Bertz CT molecular complexity index is 298. The molecule has 1 N–H and O–H groups in total. The Labute approximate surface area is 110 Å². The van der Waals surface area contributed by atoms with Gasteiger partial charge in [-0.3, -0.25) is 0 Å². The third-order valence-corrected chi connectivity index (χ3v) is 4.96. The number of rotatable bonds is 3. The number of nitrogens with zero attached hydrogens (tertiary/aromatic N) is 1. The fourth-order valence-electron chi connectivity index (χ4n) is 3.25. The van der Waals surface area contributed by atoms with E-state index in [2.05, 4.69) is 26.1 Å². The highest BCUT2D eigenvalue weighted by molar-refractivity contribution is 5.74. The van der Waals surface area contributed by atoms with Crippen molar-refractivity contribution in [3.8, 4) is 0 Å². The molecule has 2 fully saturated rings. The van der Waals surface area contributed by atoms with E-state index in [1.807, 2.05) is 4.90 Å². The van der Waals surface area contributed by atoms with Gasteiger partial charge in [-0.15, -0.1) is 0 Å². The van der Waals surface area contributed by atoms with E-state index in [1.54, 1.807) is 0 Å². The van der Waals surface area contributed by atoms with Crippen LogP contribution in [0.3, 0.4) is 0 Å². The second-order valence-corrected chi connectivity index (χ2v) is 6.14. The van der Waals surface area contributed by atoms with Crippen molar-refractivity contribution in [3.63, 3.8) is 0 Å². The number of amides is 2. The first-order chi connectivity index (χ1) is 8.55. The summed E-state index contributed by atoms with van der Waals surface area (Å²) in [6, 6.07) is 0.0778. The Kier molecular flexibility index (Phi) is 4.15. The van der Waals surface area contributed by atoms with Crippen molar-refractivity contribution in [1.82, 2.24) is 10.2 Å². The quantitative estimate of drug-likeness (QED) is 0.838. The Hall–Kier alpha value is -0.770. The first-order valence-electron chi connectivity index (χ1n) is 7.16. The summed E-state index contributed by atoms with van der Waals surface area (Å²) in [5.41, 5.74) is 0.382. The average Bonchev–Trinajstić information content (AvgIpc) is 2.38. The summed E-state index contributed by atoms with van der Waals surface area (Å²) in [5.74, 6) is 1.45. The largest absolute Gasteiger partial charge is 0.378 e. The van der Waals surface area contributed by atoms with Crippen LogP contribution < -0.4 is 5.32 Å². The minimum Gasteiger partial charge on any atom is -0.378 e. The molecule has 2 amide bonds. The molecule has 0 unspecified atom stereocenters. The van der Waals surface area contributed by atoms with Crippen LogP contribution in [0.4, 0.5) is 4.79 Å². The number of carbonyl (C=O) groups excluding carboxylic acids is 1. The van der Waals surface area contributed by atoms with Crippen LogP contribution in [-0.2, 0) is 4.74 Å². The second-order valence-electron chi connectivity index (χ2n) is 6.14. The molecular formula is C14H26N2O2. The van der Waals surface area contributed by atoms with Gasteiger partial charge in [-0.25, -0.2) is 4.79 Å². The van der Waals surface area contributed by atoms with Crippen molar-refractivity contribution >= 4 is 6.03 Å². The number of hydrogen-bond acceptors (Lipinski definition) is 2. The summed E-state index contributed by atoms with van der Waals surface area (Å²) >= 11 is 0. The topological polar surface area (TPSA) is 41.6 Å². The zero-order chi connectivity index (χ0) is 13.2. The lowest BCUT2D eigenvalue weighted by Crippen LogP contribution is -2.53. The Morgan fingerprint density at radius 2 is 2.00 bits per heavy atom. The number of carbonyl (C=O) groups is 1. The molecule has 2 atom stereocenters. The molecule has 1 heterocycles. The average molecular weight is 254 g/mol.